The second-order valence-electron chi connectivity index (χ2n) is 5.66. The van der Waals surface area contributed by atoms with Gasteiger partial charge in [-0.05, 0) is 68.1 Å². The molecule has 23 heavy (non-hydrogen) atoms. The Bertz CT molecular complexity index is 713. The maximum atomic E-state index is 12.5. The van der Waals surface area contributed by atoms with Gasteiger partial charge in [0, 0.05) is 10.7 Å². The molecule has 0 saturated heterocycles. The van der Waals surface area contributed by atoms with Crippen LogP contribution in [-0.2, 0) is 4.79 Å². The monoisotopic (exact) mass is 331 g/mol. The Morgan fingerprint density at radius 2 is 1.91 bits per heavy atom. The topological polar surface area (TPSA) is 38.3 Å². The Hall–Kier alpha value is -2.00. The van der Waals surface area contributed by atoms with Crippen LogP contribution < -0.4 is 10.1 Å². The van der Waals surface area contributed by atoms with Gasteiger partial charge in [0.2, 0.25) is 0 Å². The van der Waals surface area contributed by atoms with E-state index in [-0.39, 0.29) is 5.91 Å². The molecule has 1 N–H and O–H groups in total. The highest BCUT2D eigenvalue weighted by atomic mass is 35.5. The Kier molecular flexibility index (Phi) is 5.67. The number of ether oxygens (including phenoxy) is 1. The van der Waals surface area contributed by atoms with Crippen LogP contribution in [0.2, 0.25) is 5.02 Å². The van der Waals surface area contributed by atoms with E-state index in [1.807, 2.05) is 52.0 Å². The minimum absolute atomic E-state index is 0.154. The van der Waals surface area contributed by atoms with Gasteiger partial charge in [0.15, 0.2) is 6.10 Å². The third-order valence-electron chi connectivity index (χ3n) is 3.93. The van der Waals surface area contributed by atoms with Crippen LogP contribution in [0.25, 0.3) is 0 Å². The summed E-state index contributed by atoms with van der Waals surface area (Å²) in [6.07, 6.45) is 0.0526. The number of rotatable bonds is 5. The van der Waals surface area contributed by atoms with Gasteiger partial charge in [0.1, 0.15) is 5.75 Å². The molecule has 0 saturated carbocycles. The zero-order valence-corrected chi connectivity index (χ0v) is 14.7. The van der Waals surface area contributed by atoms with Gasteiger partial charge in [-0.3, -0.25) is 4.79 Å². The summed E-state index contributed by atoms with van der Waals surface area (Å²) in [4.78, 5) is 12.5. The van der Waals surface area contributed by atoms with Crippen LogP contribution in [0.1, 0.15) is 30.0 Å². The Morgan fingerprint density at radius 3 is 2.57 bits per heavy atom. The first-order chi connectivity index (χ1) is 10.9. The summed E-state index contributed by atoms with van der Waals surface area (Å²) < 4.78 is 5.93. The van der Waals surface area contributed by atoms with Crippen molar-refractivity contribution in [3.8, 4) is 5.75 Å². The average molecular weight is 332 g/mol. The van der Waals surface area contributed by atoms with Crippen LogP contribution in [0.15, 0.2) is 36.4 Å². The smallest absolute Gasteiger partial charge is 0.265 e. The highest BCUT2D eigenvalue weighted by molar-refractivity contribution is 6.30. The standard InChI is InChI=1S/C19H22ClNO2/c1-5-17(23-18-8-6-7-12(2)14(18)4)19(22)21-16-10-9-15(20)11-13(16)3/h6-11,17H,5H2,1-4H3,(H,21,22)/t17-/m0/s1. The second kappa shape index (κ2) is 7.51. The highest BCUT2D eigenvalue weighted by Crippen LogP contribution is 2.24. The maximum absolute atomic E-state index is 12.5. The van der Waals surface area contributed by atoms with Crippen molar-refractivity contribution in [2.75, 3.05) is 5.32 Å². The van der Waals surface area contributed by atoms with E-state index in [0.717, 1.165) is 28.1 Å². The van der Waals surface area contributed by atoms with Gasteiger partial charge < -0.3 is 10.1 Å². The molecule has 0 spiro atoms. The lowest BCUT2D eigenvalue weighted by molar-refractivity contribution is -0.122. The number of carbonyl (C=O) groups excluding carboxylic acids is 1. The maximum Gasteiger partial charge on any atom is 0.265 e. The van der Waals surface area contributed by atoms with Crippen LogP contribution in [0.3, 0.4) is 0 Å². The lowest BCUT2D eigenvalue weighted by Crippen LogP contribution is -2.32. The second-order valence-corrected chi connectivity index (χ2v) is 6.10. The van der Waals surface area contributed by atoms with Crippen LogP contribution in [-0.4, -0.2) is 12.0 Å². The van der Waals surface area contributed by atoms with Gasteiger partial charge in [0.05, 0.1) is 0 Å². The van der Waals surface area contributed by atoms with Gasteiger partial charge in [-0.15, -0.1) is 0 Å². The van der Waals surface area contributed by atoms with E-state index in [1.165, 1.54) is 0 Å². The molecule has 0 unspecified atom stereocenters. The molecule has 0 aromatic heterocycles. The molecule has 0 aliphatic rings. The molecule has 0 heterocycles. The minimum Gasteiger partial charge on any atom is -0.480 e. The molecule has 0 aliphatic heterocycles. The van der Waals surface area contributed by atoms with Crippen molar-refractivity contribution in [1.29, 1.82) is 0 Å². The van der Waals surface area contributed by atoms with E-state index in [0.29, 0.717) is 11.4 Å². The number of halogens is 1. The van der Waals surface area contributed by atoms with E-state index in [9.17, 15) is 4.79 Å². The number of hydrogen-bond donors (Lipinski definition) is 1. The highest BCUT2D eigenvalue weighted by Gasteiger charge is 2.20. The lowest BCUT2D eigenvalue weighted by atomic mass is 10.1. The number of anilines is 1. The summed E-state index contributed by atoms with van der Waals surface area (Å²) in [6, 6.07) is 11.2. The molecular formula is C19H22ClNO2. The molecule has 122 valence electrons. The summed E-state index contributed by atoms with van der Waals surface area (Å²) in [5, 5.41) is 3.57. The first-order valence-electron chi connectivity index (χ1n) is 7.72. The van der Waals surface area contributed by atoms with Gasteiger partial charge in [-0.25, -0.2) is 0 Å². The average Bonchev–Trinajstić information content (AvgIpc) is 2.51. The number of aryl methyl sites for hydroxylation is 2. The van der Waals surface area contributed by atoms with Gasteiger partial charge in [0.25, 0.3) is 5.91 Å². The summed E-state index contributed by atoms with van der Waals surface area (Å²) in [6.45, 7) is 7.87. The fraction of sp³-hybridized carbons (Fsp3) is 0.316. The molecular weight excluding hydrogens is 310 g/mol. The van der Waals surface area contributed by atoms with E-state index >= 15 is 0 Å². The molecule has 0 bridgehead atoms. The number of amides is 1. The van der Waals surface area contributed by atoms with Crippen molar-refractivity contribution in [2.45, 2.75) is 40.2 Å². The third-order valence-corrected chi connectivity index (χ3v) is 4.17. The zero-order valence-electron chi connectivity index (χ0n) is 13.9. The van der Waals surface area contributed by atoms with Gasteiger partial charge >= 0.3 is 0 Å². The largest absolute Gasteiger partial charge is 0.480 e. The summed E-state index contributed by atoms with van der Waals surface area (Å²) in [5.41, 5.74) is 3.88. The lowest BCUT2D eigenvalue weighted by Gasteiger charge is -2.20. The molecule has 0 fully saturated rings. The molecule has 3 nitrogen and oxygen atoms in total. The number of nitrogens with one attached hydrogen (secondary N) is 1. The summed E-state index contributed by atoms with van der Waals surface area (Å²) in [5.74, 6) is 0.596. The van der Waals surface area contributed by atoms with Crippen LogP contribution in [0.5, 0.6) is 5.75 Å². The predicted molar refractivity (Wildman–Crippen MR) is 95.4 cm³/mol. The quantitative estimate of drug-likeness (QED) is 0.831. The van der Waals surface area contributed by atoms with Gasteiger partial charge in [-0.2, -0.15) is 0 Å². The normalized spacial score (nSPS) is 11.9. The van der Waals surface area contributed by atoms with Crippen molar-refractivity contribution < 1.29 is 9.53 Å². The van der Waals surface area contributed by atoms with Crippen LogP contribution in [0, 0.1) is 20.8 Å². The summed E-state index contributed by atoms with van der Waals surface area (Å²) >= 11 is 5.95. The van der Waals surface area contributed by atoms with Gasteiger partial charge in [-0.1, -0.05) is 30.7 Å². The fourth-order valence-electron chi connectivity index (χ4n) is 2.31. The van der Waals surface area contributed by atoms with Crippen molar-refractivity contribution in [2.24, 2.45) is 0 Å². The molecule has 2 aromatic carbocycles. The molecule has 4 heteroatoms. The molecule has 2 rings (SSSR count). The number of carbonyl (C=O) groups is 1. The molecule has 2 aromatic rings. The number of hydrogen-bond acceptors (Lipinski definition) is 2. The van der Waals surface area contributed by atoms with Crippen LogP contribution in [0.4, 0.5) is 5.69 Å². The fourth-order valence-corrected chi connectivity index (χ4v) is 2.53. The Morgan fingerprint density at radius 1 is 1.17 bits per heavy atom. The molecule has 1 amide bonds. The van der Waals surface area contributed by atoms with Crippen LogP contribution >= 0.6 is 11.6 Å². The molecule has 0 radical (unpaired) electrons. The van der Waals surface area contributed by atoms with Crippen molar-refractivity contribution in [1.82, 2.24) is 0 Å². The number of benzene rings is 2. The Labute approximate surface area is 142 Å². The van der Waals surface area contributed by atoms with Crippen molar-refractivity contribution in [3.63, 3.8) is 0 Å². The minimum atomic E-state index is -0.537. The van der Waals surface area contributed by atoms with E-state index in [1.54, 1.807) is 12.1 Å². The first-order valence-corrected chi connectivity index (χ1v) is 8.10. The molecule has 1 atom stereocenters. The zero-order chi connectivity index (χ0) is 17.0. The first kappa shape index (κ1) is 17.4. The van der Waals surface area contributed by atoms with E-state index in [4.69, 9.17) is 16.3 Å². The van der Waals surface area contributed by atoms with E-state index in [2.05, 4.69) is 5.32 Å². The van der Waals surface area contributed by atoms with Crippen molar-refractivity contribution >= 4 is 23.2 Å². The van der Waals surface area contributed by atoms with E-state index < -0.39 is 6.10 Å². The Balaban J connectivity index is 2.14. The molecule has 0 aliphatic carbocycles. The third kappa shape index (κ3) is 4.26. The predicted octanol–water partition coefficient (Wildman–Crippen LogP) is 5.06. The summed E-state index contributed by atoms with van der Waals surface area (Å²) in [7, 11) is 0. The SMILES string of the molecule is CC[C@H](Oc1cccc(C)c1C)C(=O)Nc1ccc(Cl)cc1C. The van der Waals surface area contributed by atoms with Crippen molar-refractivity contribution in [3.05, 3.63) is 58.1 Å².